The van der Waals surface area contributed by atoms with Crippen LogP contribution in [0.5, 0.6) is 0 Å². The molecule has 7 unspecified atom stereocenters. The van der Waals surface area contributed by atoms with E-state index in [0.29, 0.717) is 31.2 Å². The average Bonchev–Trinajstić information content (AvgIpc) is 3.48. The molecule has 2 aromatic rings. The Balaban J connectivity index is 1.49. The van der Waals surface area contributed by atoms with Crippen LogP contribution in [0.25, 0.3) is 0 Å². The van der Waals surface area contributed by atoms with Crippen LogP contribution in [-0.4, -0.2) is 59.6 Å². The third-order valence-corrected chi connectivity index (χ3v) is 8.92. The van der Waals surface area contributed by atoms with E-state index in [2.05, 4.69) is 21.5 Å². The van der Waals surface area contributed by atoms with Gasteiger partial charge in [-0.15, -0.1) is 0 Å². The van der Waals surface area contributed by atoms with Crippen molar-refractivity contribution < 1.29 is 40.7 Å². The molecule has 45 heavy (non-hydrogen) atoms. The highest BCUT2D eigenvalue weighted by Gasteiger charge is 2.64. The summed E-state index contributed by atoms with van der Waals surface area (Å²) < 4.78 is 99.6. The van der Waals surface area contributed by atoms with Crippen LogP contribution < -0.4 is 21.5 Å². The molecule has 9 nitrogen and oxygen atoms in total. The van der Waals surface area contributed by atoms with Crippen molar-refractivity contribution in [3.63, 3.8) is 0 Å². The van der Waals surface area contributed by atoms with Crippen molar-refractivity contribution in [2.75, 3.05) is 0 Å². The van der Waals surface area contributed by atoms with E-state index in [9.17, 15) is 23.3 Å². The lowest BCUT2D eigenvalue weighted by Crippen LogP contribution is -2.70. The molecule has 8 atom stereocenters. The second-order valence-corrected chi connectivity index (χ2v) is 11.9. The highest BCUT2D eigenvalue weighted by Crippen LogP contribution is 2.44. The fraction of sp³-hybridized carbons (Fsp3) is 0.600. The van der Waals surface area contributed by atoms with Crippen LogP contribution in [0.2, 0.25) is 0 Å². The molecule has 2 aromatic carbocycles. The van der Waals surface area contributed by atoms with Crippen LogP contribution in [0.3, 0.4) is 0 Å². The molecule has 15 heteroatoms. The number of fused-ring (bicyclic) bond motifs is 5. The summed E-state index contributed by atoms with van der Waals surface area (Å²) in [6.45, 7) is -0.385. The summed E-state index contributed by atoms with van der Waals surface area (Å²) in [5, 5.41) is 17.9. The van der Waals surface area contributed by atoms with Gasteiger partial charge < -0.3 is 9.47 Å². The lowest BCUT2D eigenvalue weighted by atomic mass is 9.85. The Morgan fingerprint density at radius 1 is 0.911 bits per heavy atom. The standard InChI is InChI=1S/C30H37F6N5O4/c31-29(32,33)22-17-23(41(42)43)24-26-39-40-27(45-26)28(30(34,35)36,44-18-20-12-6-2-7-13-20)15-9-3-8-14-21(37-25(22)38-24)16-19-10-4-1-5-11-19/h1-2,4-7,10-13,21-27,37-40H,3,8-9,14-18H2/t21?,22?,23?,24?,25?,26?,27?,28-/m1/s1. The number of halogens is 6. The van der Waals surface area contributed by atoms with Crippen molar-refractivity contribution in [1.82, 2.24) is 21.5 Å². The van der Waals surface area contributed by atoms with E-state index >= 15 is 13.2 Å². The lowest BCUT2D eigenvalue weighted by Gasteiger charge is -2.43. The number of nitro groups is 1. The number of alkyl halides is 6. The smallest absolute Gasteiger partial charge is 0.357 e. The third-order valence-electron chi connectivity index (χ3n) is 8.92. The van der Waals surface area contributed by atoms with E-state index in [1.807, 2.05) is 30.3 Å². The summed E-state index contributed by atoms with van der Waals surface area (Å²) in [4.78, 5) is 11.3. The Morgan fingerprint density at radius 2 is 1.58 bits per heavy atom. The third kappa shape index (κ3) is 7.77. The minimum Gasteiger partial charge on any atom is -0.357 e. The Bertz CT molecular complexity index is 1260. The van der Waals surface area contributed by atoms with E-state index in [0.717, 1.165) is 5.56 Å². The fourth-order valence-corrected chi connectivity index (χ4v) is 6.53. The summed E-state index contributed by atoms with van der Waals surface area (Å²) in [5.41, 5.74) is 3.56. The van der Waals surface area contributed by atoms with E-state index < -0.39 is 78.4 Å². The number of piperidine rings is 1. The predicted octanol–water partition coefficient (Wildman–Crippen LogP) is 4.96. The van der Waals surface area contributed by atoms with E-state index in [-0.39, 0.29) is 13.0 Å². The normalized spacial score (nSPS) is 33.3. The maximum Gasteiger partial charge on any atom is 0.421 e. The highest BCUT2D eigenvalue weighted by atomic mass is 19.4. The van der Waals surface area contributed by atoms with Gasteiger partial charge in [-0.25, -0.2) is 10.9 Å². The van der Waals surface area contributed by atoms with Gasteiger partial charge in [-0.1, -0.05) is 79.9 Å². The van der Waals surface area contributed by atoms with E-state index in [4.69, 9.17) is 9.47 Å². The molecule has 0 spiro atoms. The first-order valence-electron chi connectivity index (χ1n) is 15.0. The first-order chi connectivity index (χ1) is 21.4. The molecule has 4 N–H and O–H groups in total. The zero-order valence-electron chi connectivity index (χ0n) is 24.3. The number of nitrogens with one attached hydrogen (secondary N) is 4. The van der Waals surface area contributed by atoms with Crippen molar-refractivity contribution in [2.45, 2.75) is 106 Å². The zero-order valence-corrected chi connectivity index (χ0v) is 24.3. The van der Waals surface area contributed by atoms with Crippen LogP contribution in [-0.2, 0) is 22.5 Å². The molecule has 0 saturated carbocycles. The molecule has 5 rings (SSSR count). The number of hydrogen-bond donors (Lipinski definition) is 4. The molecule has 0 aliphatic carbocycles. The molecule has 3 saturated heterocycles. The van der Waals surface area contributed by atoms with Gasteiger partial charge in [0.1, 0.15) is 12.3 Å². The largest absolute Gasteiger partial charge is 0.421 e. The molecule has 4 bridgehead atoms. The van der Waals surface area contributed by atoms with Crippen molar-refractivity contribution >= 4 is 0 Å². The number of hydrogen-bond acceptors (Lipinski definition) is 8. The van der Waals surface area contributed by atoms with Crippen LogP contribution in [0.15, 0.2) is 60.7 Å². The molecule has 3 fully saturated rings. The maximum absolute atomic E-state index is 15.0. The molecule has 3 heterocycles. The van der Waals surface area contributed by atoms with Crippen molar-refractivity contribution in [2.24, 2.45) is 5.92 Å². The Hall–Kier alpha value is -2.82. The van der Waals surface area contributed by atoms with Gasteiger partial charge in [0.05, 0.1) is 18.7 Å². The van der Waals surface area contributed by atoms with Gasteiger partial charge in [-0.3, -0.25) is 20.7 Å². The van der Waals surface area contributed by atoms with Gasteiger partial charge in [0, 0.05) is 17.4 Å². The zero-order chi connectivity index (χ0) is 32.2. The van der Waals surface area contributed by atoms with Crippen LogP contribution in [0, 0.1) is 16.0 Å². The summed E-state index contributed by atoms with van der Waals surface area (Å²) in [7, 11) is 0. The SMILES string of the molecule is O=[N+]([O-])C1CC(C(F)(F)F)C2NC(Cc3ccccc3)CCCCC[C@](OCc3ccccc3)(C(F)(F)F)C3NNC(O3)C1N2. The molecule has 0 radical (unpaired) electrons. The fourth-order valence-electron chi connectivity index (χ4n) is 6.53. The van der Waals surface area contributed by atoms with Crippen molar-refractivity contribution in [1.29, 1.82) is 0 Å². The van der Waals surface area contributed by atoms with Crippen LogP contribution >= 0.6 is 0 Å². The second kappa shape index (κ2) is 13.9. The van der Waals surface area contributed by atoms with E-state index in [1.165, 1.54) is 0 Å². The first-order valence-corrected chi connectivity index (χ1v) is 15.0. The van der Waals surface area contributed by atoms with Gasteiger partial charge in [-0.2, -0.15) is 26.3 Å². The minimum atomic E-state index is -4.93. The monoisotopic (exact) mass is 645 g/mol. The lowest BCUT2D eigenvalue weighted by molar-refractivity contribution is -0.537. The van der Waals surface area contributed by atoms with Crippen molar-refractivity contribution in [3.8, 4) is 0 Å². The van der Waals surface area contributed by atoms with Crippen LogP contribution in [0.4, 0.5) is 26.3 Å². The van der Waals surface area contributed by atoms with Crippen LogP contribution in [0.1, 0.15) is 49.7 Å². The van der Waals surface area contributed by atoms with Gasteiger partial charge in [-0.05, 0) is 30.4 Å². The second-order valence-electron chi connectivity index (χ2n) is 11.9. The number of rotatable bonds is 6. The minimum absolute atomic E-state index is 0.0897. The Kier molecular flexibility index (Phi) is 10.4. The molecule has 3 aliphatic heterocycles. The van der Waals surface area contributed by atoms with Gasteiger partial charge in [0.15, 0.2) is 6.23 Å². The Labute approximate surface area is 256 Å². The van der Waals surface area contributed by atoms with Gasteiger partial charge in [0.25, 0.3) is 0 Å². The summed E-state index contributed by atoms with van der Waals surface area (Å²) in [6, 6.07) is 13.7. The number of hydrazine groups is 1. The summed E-state index contributed by atoms with van der Waals surface area (Å²) >= 11 is 0. The number of nitrogens with zero attached hydrogens (tertiary/aromatic N) is 1. The summed E-state index contributed by atoms with van der Waals surface area (Å²) in [6.07, 6.45) is -14.2. The quantitative estimate of drug-likeness (QED) is 0.199. The molecule has 0 amide bonds. The predicted molar refractivity (Wildman–Crippen MR) is 151 cm³/mol. The summed E-state index contributed by atoms with van der Waals surface area (Å²) in [5.74, 6) is -2.12. The average molecular weight is 646 g/mol. The maximum atomic E-state index is 15.0. The Morgan fingerprint density at radius 3 is 2.20 bits per heavy atom. The molecular formula is C30H37F6N5O4. The number of benzene rings is 2. The van der Waals surface area contributed by atoms with Gasteiger partial charge in [0.2, 0.25) is 11.6 Å². The molecule has 3 aliphatic rings. The van der Waals surface area contributed by atoms with Gasteiger partial charge >= 0.3 is 12.4 Å². The molecule has 0 aromatic heterocycles. The van der Waals surface area contributed by atoms with E-state index in [1.54, 1.807) is 30.3 Å². The first kappa shape index (κ1) is 33.5. The molecule has 248 valence electrons. The topological polar surface area (TPSA) is 110 Å². The van der Waals surface area contributed by atoms with Crippen molar-refractivity contribution in [3.05, 3.63) is 81.9 Å². The molecular weight excluding hydrogens is 608 g/mol. The number of ether oxygens (including phenoxy) is 2. The highest BCUT2D eigenvalue weighted by molar-refractivity contribution is 5.16.